The van der Waals surface area contributed by atoms with Crippen molar-refractivity contribution in [1.29, 1.82) is 0 Å². The molecule has 0 bridgehead atoms. The van der Waals surface area contributed by atoms with Crippen LogP contribution < -0.4 is 4.74 Å². The van der Waals surface area contributed by atoms with Crippen LogP contribution in [0.2, 0.25) is 0 Å². The Labute approximate surface area is 171 Å². The van der Waals surface area contributed by atoms with Crippen LogP contribution in [-0.4, -0.2) is 34.3 Å². The molecule has 0 saturated carbocycles. The summed E-state index contributed by atoms with van der Waals surface area (Å²) >= 11 is 0. The SMILES string of the molecule is CCCN1C(=O)C(=O)/C(=C(\O)c2ccc(C)cc2)C1c1cccc(OC(C)C)c1. The van der Waals surface area contributed by atoms with Gasteiger partial charge in [0.15, 0.2) is 0 Å². The van der Waals surface area contributed by atoms with Crippen molar-refractivity contribution in [2.75, 3.05) is 6.54 Å². The molecule has 0 spiro atoms. The number of rotatable bonds is 6. The second-order valence-corrected chi connectivity index (χ2v) is 7.60. The van der Waals surface area contributed by atoms with Crippen molar-refractivity contribution in [3.8, 4) is 5.75 Å². The molecular formula is C24H27NO4. The van der Waals surface area contributed by atoms with Crippen LogP contribution in [0.1, 0.15) is 49.9 Å². The molecule has 2 aromatic carbocycles. The van der Waals surface area contributed by atoms with E-state index < -0.39 is 17.7 Å². The lowest BCUT2D eigenvalue weighted by Crippen LogP contribution is -2.30. The van der Waals surface area contributed by atoms with Gasteiger partial charge in [-0.05, 0) is 44.9 Å². The van der Waals surface area contributed by atoms with Gasteiger partial charge in [0.25, 0.3) is 11.7 Å². The molecule has 3 rings (SSSR count). The number of carbonyl (C=O) groups is 2. The number of nitrogens with zero attached hydrogens (tertiary/aromatic N) is 1. The highest BCUT2D eigenvalue weighted by Crippen LogP contribution is 2.40. The molecule has 29 heavy (non-hydrogen) atoms. The smallest absolute Gasteiger partial charge is 0.295 e. The van der Waals surface area contributed by atoms with Crippen LogP contribution in [0, 0.1) is 6.92 Å². The number of ether oxygens (including phenoxy) is 1. The van der Waals surface area contributed by atoms with E-state index in [0.29, 0.717) is 24.3 Å². The van der Waals surface area contributed by atoms with E-state index in [9.17, 15) is 14.7 Å². The highest BCUT2D eigenvalue weighted by atomic mass is 16.5. The maximum absolute atomic E-state index is 12.9. The van der Waals surface area contributed by atoms with Crippen molar-refractivity contribution in [2.24, 2.45) is 0 Å². The Morgan fingerprint density at radius 2 is 1.83 bits per heavy atom. The average molecular weight is 393 g/mol. The summed E-state index contributed by atoms with van der Waals surface area (Å²) in [6.45, 7) is 8.20. The zero-order valence-electron chi connectivity index (χ0n) is 17.3. The van der Waals surface area contributed by atoms with Crippen molar-refractivity contribution in [3.05, 3.63) is 70.8 Å². The van der Waals surface area contributed by atoms with Gasteiger partial charge in [-0.25, -0.2) is 0 Å². The van der Waals surface area contributed by atoms with Gasteiger partial charge in [0.2, 0.25) is 0 Å². The molecule has 1 N–H and O–H groups in total. The first-order valence-corrected chi connectivity index (χ1v) is 9.95. The van der Waals surface area contributed by atoms with Crippen LogP contribution in [0.15, 0.2) is 54.1 Å². The summed E-state index contributed by atoms with van der Waals surface area (Å²) in [6, 6.07) is 14.0. The minimum absolute atomic E-state index is 0.000175. The van der Waals surface area contributed by atoms with Gasteiger partial charge in [0.1, 0.15) is 11.5 Å². The molecule has 2 aromatic rings. The van der Waals surface area contributed by atoms with Gasteiger partial charge in [-0.2, -0.15) is 0 Å². The largest absolute Gasteiger partial charge is 0.507 e. The average Bonchev–Trinajstić information content (AvgIpc) is 2.93. The summed E-state index contributed by atoms with van der Waals surface area (Å²) < 4.78 is 5.79. The molecule has 1 aliphatic rings. The van der Waals surface area contributed by atoms with Gasteiger partial charge in [-0.3, -0.25) is 9.59 Å². The van der Waals surface area contributed by atoms with Gasteiger partial charge < -0.3 is 14.7 Å². The van der Waals surface area contributed by atoms with Gasteiger partial charge in [0, 0.05) is 12.1 Å². The maximum atomic E-state index is 12.9. The fourth-order valence-corrected chi connectivity index (χ4v) is 3.60. The minimum Gasteiger partial charge on any atom is -0.507 e. The lowest BCUT2D eigenvalue weighted by atomic mass is 9.95. The Balaban J connectivity index is 2.15. The maximum Gasteiger partial charge on any atom is 0.295 e. The molecule has 1 fully saturated rings. The molecule has 0 aliphatic carbocycles. The van der Waals surface area contributed by atoms with Crippen LogP contribution >= 0.6 is 0 Å². The minimum atomic E-state index is -0.656. The van der Waals surface area contributed by atoms with Gasteiger partial charge in [0.05, 0.1) is 17.7 Å². The molecule has 5 nitrogen and oxygen atoms in total. The number of aliphatic hydroxyl groups excluding tert-OH is 1. The highest BCUT2D eigenvalue weighted by Gasteiger charge is 2.45. The molecule has 1 saturated heterocycles. The summed E-state index contributed by atoms with van der Waals surface area (Å²) in [5.41, 5.74) is 2.42. The predicted molar refractivity (Wildman–Crippen MR) is 113 cm³/mol. The number of aryl methyl sites for hydroxylation is 1. The van der Waals surface area contributed by atoms with Crippen molar-refractivity contribution < 1.29 is 19.4 Å². The molecule has 1 aliphatic heterocycles. The van der Waals surface area contributed by atoms with E-state index in [1.54, 1.807) is 12.1 Å². The van der Waals surface area contributed by atoms with E-state index in [2.05, 4.69) is 0 Å². The number of amides is 1. The van der Waals surface area contributed by atoms with E-state index in [1.807, 2.05) is 64.1 Å². The fraction of sp³-hybridized carbons (Fsp3) is 0.333. The first kappa shape index (κ1) is 20.6. The number of Topliss-reactive ketones (excluding diaryl/α,β-unsaturated/α-hetero) is 1. The number of hydrogen-bond acceptors (Lipinski definition) is 4. The molecule has 1 heterocycles. The number of benzene rings is 2. The molecule has 1 amide bonds. The highest BCUT2D eigenvalue weighted by molar-refractivity contribution is 6.46. The predicted octanol–water partition coefficient (Wildman–Crippen LogP) is 4.61. The van der Waals surface area contributed by atoms with Crippen molar-refractivity contribution in [2.45, 2.75) is 46.3 Å². The summed E-state index contributed by atoms with van der Waals surface area (Å²) in [5, 5.41) is 11.0. The third-order valence-electron chi connectivity index (χ3n) is 4.88. The Hall–Kier alpha value is -3.08. The third kappa shape index (κ3) is 4.19. The second-order valence-electron chi connectivity index (χ2n) is 7.60. The monoisotopic (exact) mass is 393 g/mol. The Morgan fingerprint density at radius 1 is 1.14 bits per heavy atom. The van der Waals surface area contributed by atoms with E-state index in [-0.39, 0.29) is 17.4 Å². The normalized spacial score (nSPS) is 18.5. The van der Waals surface area contributed by atoms with Crippen molar-refractivity contribution >= 4 is 17.4 Å². The molecule has 1 unspecified atom stereocenters. The van der Waals surface area contributed by atoms with Crippen molar-refractivity contribution in [3.63, 3.8) is 0 Å². The number of carbonyl (C=O) groups excluding carboxylic acids is 2. The van der Waals surface area contributed by atoms with Crippen LogP contribution in [0.4, 0.5) is 0 Å². The van der Waals surface area contributed by atoms with Crippen LogP contribution in [-0.2, 0) is 9.59 Å². The molecule has 0 radical (unpaired) electrons. The number of aliphatic hydroxyl groups is 1. The summed E-state index contributed by atoms with van der Waals surface area (Å²) in [6.07, 6.45) is 0.704. The van der Waals surface area contributed by atoms with E-state index in [0.717, 1.165) is 11.1 Å². The molecule has 152 valence electrons. The summed E-state index contributed by atoms with van der Waals surface area (Å²) in [4.78, 5) is 27.2. The topological polar surface area (TPSA) is 66.8 Å². The van der Waals surface area contributed by atoms with Crippen LogP contribution in [0.5, 0.6) is 5.75 Å². The molecule has 1 atom stereocenters. The fourth-order valence-electron chi connectivity index (χ4n) is 3.60. The lowest BCUT2D eigenvalue weighted by Gasteiger charge is -2.25. The van der Waals surface area contributed by atoms with E-state index in [1.165, 1.54) is 4.90 Å². The second kappa shape index (κ2) is 8.52. The zero-order chi connectivity index (χ0) is 21.1. The zero-order valence-corrected chi connectivity index (χ0v) is 17.3. The number of hydrogen-bond donors (Lipinski definition) is 1. The lowest BCUT2D eigenvalue weighted by molar-refractivity contribution is -0.139. The Bertz CT molecular complexity index is 944. The molecular weight excluding hydrogens is 366 g/mol. The summed E-state index contributed by atoms with van der Waals surface area (Å²) in [7, 11) is 0. The van der Waals surface area contributed by atoms with E-state index in [4.69, 9.17) is 4.74 Å². The van der Waals surface area contributed by atoms with Crippen LogP contribution in [0.25, 0.3) is 5.76 Å². The molecule has 0 aromatic heterocycles. The number of likely N-dealkylation sites (tertiary alicyclic amines) is 1. The first-order valence-electron chi connectivity index (χ1n) is 9.95. The van der Waals surface area contributed by atoms with Crippen LogP contribution in [0.3, 0.4) is 0 Å². The van der Waals surface area contributed by atoms with Crippen molar-refractivity contribution in [1.82, 2.24) is 4.90 Å². The van der Waals surface area contributed by atoms with E-state index >= 15 is 0 Å². The Morgan fingerprint density at radius 3 is 2.45 bits per heavy atom. The first-order chi connectivity index (χ1) is 13.8. The van der Waals surface area contributed by atoms with Gasteiger partial charge >= 0.3 is 0 Å². The Kier molecular flexibility index (Phi) is 6.06. The van der Waals surface area contributed by atoms with Gasteiger partial charge in [-0.15, -0.1) is 0 Å². The standard InChI is InChI=1S/C24H27NO4/c1-5-13-25-21(18-7-6-8-19(14-18)29-15(2)3)20(23(27)24(25)28)22(26)17-11-9-16(4)10-12-17/h6-12,14-15,21,26H,5,13H2,1-4H3/b22-20-. The third-order valence-corrected chi connectivity index (χ3v) is 4.88. The number of ketones is 1. The van der Waals surface area contributed by atoms with Gasteiger partial charge in [-0.1, -0.05) is 48.9 Å². The summed E-state index contributed by atoms with van der Waals surface area (Å²) in [5.74, 6) is -0.727. The quantitative estimate of drug-likeness (QED) is 0.442. The molecule has 5 heteroatoms.